The van der Waals surface area contributed by atoms with Crippen LogP contribution in [0.15, 0.2) is 28.7 Å². The highest BCUT2D eigenvalue weighted by Gasteiger charge is 2.36. The second-order valence-electron chi connectivity index (χ2n) is 4.61. The average molecular weight is 255 g/mol. The molecular weight excluding hydrogens is 240 g/mol. The smallest absolute Gasteiger partial charge is 0.0541 e. The zero-order chi connectivity index (χ0) is 10.2. The van der Waals surface area contributed by atoms with E-state index in [0.29, 0.717) is 5.92 Å². The molecule has 1 fully saturated rings. The molecule has 1 aliphatic rings. The summed E-state index contributed by atoms with van der Waals surface area (Å²) < 4.78 is 6.70. The van der Waals surface area contributed by atoms with Crippen molar-refractivity contribution in [3.63, 3.8) is 0 Å². The monoisotopic (exact) mass is 254 g/mol. The summed E-state index contributed by atoms with van der Waals surface area (Å²) in [5.74, 6) is 0.528. The summed E-state index contributed by atoms with van der Waals surface area (Å²) in [6.45, 7) is 6.25. The molecule has 1 saturated heterocycles. The van der Waals surface area contributed by atoms with E-state index in [-0.39, 0.29) is 5.41 Å². The van der Waals surface area contributed by atoms with Crippen molar-refractivity contribution < 1.29 is 4.74 Å². The maximum absolute atomic E-state index is 5.55. The number of halogens is 1. The first kappa shape index (κ1) is 10.2. The maximum Gasteiger partial charge on any atom is 0.0541 e. The summed E-state index contributed by atoms with van der Waals surface area (Å²) in [7, 11) is 0. The van der Waals surface area contributed by atoms with Crippen LogP contribution in [0.4, 0.5) is 0 Å². The van der Waals surface area contributed by atoms with Crippen LogP contribution in [-0.2, 0) is 4.74 Å². The van der Waals surface area contributed by atoms with E-state index in [4.69, 9.17) is 4.74 Å². The summed E-state index contributed by atoms with van der Waals surface area (Å²) in [6.07, 6.45) is 0. The molecule has 1 unspecified atom stereocenters. The molecule has 0 spiro atoms. The van der Waals surface area contributed by atoms with Crippen LogP contribution in [0.5, 0.6) is 0 Å². The summed E-state index contributed by atoms with van der Waals surface area (Å²) in [5, 5.41) is 0. The predicted molar refractivity (Wildman–Crippen MR) is 61.5 cm³/mol. The fourth-order valence-electron chi connectivity index (χ4n) is 2.04. The quantitative estimate of drug-likeness (QED) is 0.745. The molecule has 14 heavy (non-hydrogen) atoms. The molecule has 1 aromatic rings. The lowest BCUT2D eigenvalue weighted by Gasteiger charge is -2.24. The van der Waals surface area contributed by atoms with Gasteiger partial charge in [0, 0.05) is 10.4 Å². The Hall–Kier alpha value is -0.340. The van der Waals surface area contributed by atoms with Gasteiger partial charge in [-0.1, -0.05) is 41.9 Å². The minimum absolute atomic E-state index is 0.265. The average Bonchev–Trinajstić information content (AvgIpc) is 2.45. The Bertz CT molecular complexity index is 333. The van der Waals surface area contributed by atoms with Crippen molar-refractivity contribution >= 4 is 15.9 Å². The van der Waals surface area contributed by atoms with Gasteiger partial charge in [0.05, 0.1) is 13.2 Å². The molecule has 2 rings (SSSR count). The molecule has 0 radical (unpaired) electrons. The van der Waals surface area contributed by atoms with Crippen molar-refractivity contribution in [3.8, 4) is 0 Å². The molecule has 1 aromatic carbocycles. The highest BCUT2D eigenvalue weighted by atomic mass is 79.9. The van der Waals surface area contributed by atoms with Gasteiger partial charge in [0.1, 0.15) is 0 Å². The number of hydrogen-bond acceptors (Lipinski definition) is 1. The van der Waals surface area contributed by atoms with Gasteiger partial charge in [0.25, 0.3) is 0 Å². The molecule has 1 heterocycles. The highest BCUT2D eigenvalue weighted by Crippen LogP contribution is 2.41. The van der Waals surface area contributed by atoms with Crippen LogP contribution in [0.3, 0.4) is 0 Å². The third-order valence-electron chi connectivity index (χ3n) is 2.95. The van der Waals surface area contributed by atoms with Gasteiger partial charge in [-0.3, -0.25) is 0 Å². The number of ether oxygens (including phenoxy) is 1. The Balaban J connectivity index is 2.31. The van der Waals surface area contributed by atoms with E-state index in [1.165, 1.54) is 5.56 Å². The van der Waals surface area contributed by atoms with E-state index in [0.717, 1.165) is 17.7 Å². The zero-order valence-corrected chi connectivity index (χ0v) is 10.2. The Morgan fingerprint density at radius 1 is 1.43 bits per heavy atom. The van der Waals surface area contributed by atoms with Gasteiger partial charge < -0.3 is 4.74 Å². The molecule has 0 aliphatic carbocycles. The van der Waals surface area contributed by atoms with Crippen LogP contribution in [0.2, 0.25) is 0 Å². The molecule has 1 atom stereocenters. The minimum atomic E-state index is 0.265. The third kappa shape index (κ3) is 1.86. The lowest BCUT2D eigenvalue weighted by Crippen LogP contribution is -2.19. The third-order valence-corrected chi connectivity index (χ3v) is 3.45. The van der Waals surface area contributed by atoms with Gasteiger partial charge in [0.15, 0.2) is 0 Å². The Kier molecular flexibility index (Phi) is 2.67. The molecule has 0 bridgehead atoms. The Morgan fingerprint density at radius 2 is 2.21 bits per heavy atom. The molecule has 76 valence electrons. The van der Waals surface area contributed by atoms with E-state index in [9.17, 15) is 0 Å². The first-order chi connectivity index (χ1) is 6.59. The van der Waals surface area contributed by atoms with Crippen molar-refractivity contribution in [2.24, 2.45) is 5.41 Å². The SMILES string of the molecule is CC1(C)COCC1c1cccc(Br)c1. The van der Waals surface area contributed by atoms with Crippen LogP contribution < -0.4 is 0 Å². The van der Waals surface area contributed by atoms with Crippen LogP contribution in [-0.4, -0.2) is 13.2 Å². The largest absolute Gasteiger partial charge is 0.380 e. The van der Waals surface area contributed by atoms with Crippen molar-refractivity contribution in [1.82, 2.24) is 0 Å². The summed E-state index contributed by atoms with van der Waals surface area (Å²) >= 11 is 3.51. The molecule has 1 nitrogen and oxygen atoms in total. The molecule has 0 saturated carbocycles. The van der Waals surface area contributed by atoms with Crippen molar-refractivity contribution in [2.45, 2.75) is 19.8 Å². The number of benzene rings is 1. The Morgan fingerprint density at radius 3 is 2.79 bits per heavy atom. The second-order valence-corrected chi connectivity index (χ2v) is 5.53. The van der Waals surface area contributed by atoms with Crippen molar-refractivity contribution in [2.75, 3.05) is 13.2 Å². The van der Waals surface area contributed by atoms with E-state index in [2.05, 4.69) is 54.0 Å². The predicted octanol–water partition coefficient (Wildman–Crippen LogP) is 3.59. The first-order valence-electron chi connectivity index (χ1n) is 4.93. The minimum Gasteiger partial charge on any atom is -0.380 e. The second kappa shape index (κ2) is 3.67. The normalized spacial score (nSPS) is 25.2. The highest BCUT2D eigenvalue weighted by molar-refractivity contribution is 9.10. The van der Waals surface area contributed by atoms with Crippen LogP contribution in [0.1, 0.15) is 25.3 Å². The first-order valence-corrected chi connectivity index (χ1v) is 5.72. The maximum atomic E-state index is 5.55. The summed E-state index contributed by atoms with van der Waals surface area (Å²) in [6, 6.07) is 8.53. The molecular formula is C12H15BrO. The lowest BCUT2D eigenvalue weighted by molar-refractivity contribution is 0.167. The number of rotatable bonds is 1. The van der Waals surface area contributed by atoms with Crippen LogP contribution in [0, 0.1) is 5.41 Å². The summed E-state index contributed by atoms with van der Waals surface area (Å²) in [5.41, 5.74) is 1.64. The molecule has 0 amide bonds. The van der Waals surface area contributed by atoms with Gasteiger partial charge in [-0.15, -0.1) is 0 Å². The van der Waals surface area contributed by atoms with Crippen LogP contribution >= 0.6 is 15.9 Å². The molecule has 1 aliphatic heterocycles. The fraction of sp³-hybridized carbons (Fsp3) is 0.500. The van der Waals surface area contributed by atoms with Crippen molar-refractivity contribution in [1.29, 1.82) is 0 Å². The van der Waals surface area contributed by atoms with Gasteiger partial charge >= 0.3 is 0 Å². The van der Waals surface area contributed by atoms with E-state index >= 15 is 0 Å². The zero-order valence-electron chi connectivity index (χ0n) is 8.59. The topological polar surface area (TPSA) is 9.23 Å². The van der Waals surface area contributed by atoms with Gasteiger partial charge in [-0.2, -0.15) is 0 Å². The van der Waals surface area contributed by atoms with Gasteiger partial charge in [-0.25, -0.2) is 0 Å². The van der Waals surface area contributed by atoms with Gasteiger partial charge in [0.2, 0.25) is 0 Å². The van der Waals surface area contributed by atoms with Gasteiger partial charge in [-0.05, 0) is 23.1 Å². The molecule has 2 heteroatoms. The van der Waals surface area contributed by atoms with Crippen molar-refractivity contribution in [3.05, 3.63) is 34.3 Å². The Labute approximate surface area is 93.6 Å². The van der Waals surface area contributed by atoms with E-state index < -0.39 is 0 Å². The van der Waals surface area contributed by atoms with Crippen LogP contribution in [0.25, 0.3) is 0 Å². The summed E-state index contributed by atoms with van der Waals surface area (Å²) in [4.78, 5) is 0. The van der Waals surface area contributed by atoms with E-state index in [1.54, 1.807) is 0 Å². The lowest BCUT2D eigenvalue weighted by atomic mass is 9.78. The standard InChI is InChI=1S/C12H15BrO/c1-12(2)8-14-7-11(12)9-4-3-5-10(13)6-9/h3-6,11H,7-8H2,1-2H3. The fourth-order valence-corrected chi connectivity index (χ4v) is 2.45. The number of hydrogen-bond donors (Lipinski definition) is 0. The molecule has 0 aromatic heterocycles. The van der Waals surface area contributed by atoms with E-state index in [1.807, 2.05) is 0 Å². The molecule has 0 N–H and O–H groups in total.